The van der Waals surface area contributed by atoms with Gasteiger partial charge in [0.05, 0.1) is 13.2 Å². The maximum absolute atomic E-state index is 8.54. The molecule has 0 amide bonds. The van der Waals surface area contributed by atoms with Gasteiger partial charge in [0.15, 0.2) is 5.82 Å². The monoisotopic (exact) mass is 142 g/mol. The van der Waals surface area contributed by atoms with Crippen molar-refractivity contribution in [3.05, 3.63) is 5.82 Å². The van der Waals surface area contributed by atoms with Crippen molar-refractivity contribution in [2.24, 2.45) is 0 Å². The Morgan fingerprint density at radius 1 is 1.60 bits per heavy atom. The number of hydrogen-bond acceptors (Lipinski definition) is 4. The summed E-state index contributed by atoms with van der Waals surface area (Å²) in [6.07, 6.45) is 0.799. The third kappa shape index (κ3) is 1.30. The van der Waals surface area contributed by atoms with Crippen LogP contribution in [0.5, 0.6) is 0 Å². The van der Waals surface area contributed by atoms with Gasteiger partial charge in [0.2, 0.25) is 0 Å². The quantitative estimate of drug-likeness (QED) is 0.601. The normalized spacial score (nSPS) is 10.2. The number of hydrogen-bond donors (Lipinski definition) is 1. The standard InChI is InChI=1S/C5H10N4O/c1-2-5-6-7-8-9(5)3-4-10/h10H,2-4H2,1H3. The smallest absolute Gasteiger partial charge is 0.151 e. The average Bonchev–Trinajstić information content (AvgIpc) is 2.36. The molecule has 0 aromatic carbocycles. The van der Waals surface area contributed by atoms with Gasteiger partial charge in [-0.3, -0.25) is 0 Å². The zero-order valence-electron chi connectivity index (χ0n) is 5.86. The summed E-state index contributed by atoms with van der Waals surface area (Å²) in [7, 11) is 0. The van der Waals surface area contributed by atoms with Crippen molar-refractivity contribution in [2.45, 2.75) is 19.9 Å². The third-order valence-corrected chi connectivity index (χ3v) is 1.23. The lowest BCUT2D eigenvalue weighted by molar-refractivity contribution is 0.266. The van der Waals surface area contributed by atoms with Gasteiger partial charge in [0.1, 0.15) is 0 Å². The Morgan fingerprint density at radius 2 is 2.40 bits per heavy atom. The number of aliphatic hydroxyl groups excluding tert-OH is 1. The number of aliphatic hydroxyl groups is 1. The van der Waals surface area contributed by atoms with E-state index in [0.29, 0.717) is 6.54 Å². The van der Waals surface area contributed by atoms with Crippen LogP contribution < -0.4 is 0 Å². The summed E-state index contributed by atoms with van der Waals surface area (Å²) in [6.45, 7) is 2.54. The van der Waals surface area contributed by atoms with Crippen molar-refractivity contribution in [3.8, 4) is 0 Å². The molecule has 0 aliphatic carbocycles. The summed E-state index contributed by atoms with van der Waals surface area (Å²) in [5.41, 5.74) is 0. The van der Waals surface area contributed by atoms with Crippen molar-refractivity contribution in [1.82, 2.24) is 20.2 Å². The highest BCUT2D eigenvalue weighted by molar-refractivity contribution is 4.77. The predicted octanol–water partition coefficient (Wildman–Crippen LogP) is -0.772. The first-order valence-corrected chi connectivity index (χ1v) is 3.24. The lowest BCUT2D eigenvalue weighted by Crippen LogP contribution is -2.07. The Bertz CT molecular complexity index is 197. The van der Waals surface area contributed by atoms with E-state index in [4.69, 9.17) is 5.11 Å². The number of nitrogens with zero attached hydrogens (tertiary/aromatic N) is 4. The van der Waals surface area contributed by atoms with Crippen molar-refractivity contribution >= 4 is 0 Å². The van der Waals surface area contributed by atoms with Crippen LogP contribution in [0.3, 0.4) is 0 Å². The minimum absolute atomic E-state index is 0.0814. The maximum atomic E-state index is 8.54. The Kier molecular flexibility index (Phi) is 2.33. The number of aromatic nitrogens is 4. The highest BCUT2D eigenvalue weighted by Gasteiger charge is 2.00. The summed E-state index contributed by atoms with van der Waals surface area (Å²) in [6, 6.07) is 0. The summed E-state index contributed by atoms with van der Waals surface area (Å²) >= 11 is 0. The molecule has 1 N–H and O–H groups in total. The topological polar surface area (TPSA) is 63.8 Å². The molecule has 0 unspecified atom stereocenters. The fourth-order valence-corrected chi connectivity index (χ4v) is 0.745. The van der Waals surface area contributed by atoms with Crippen LogP contribution in [0.1, 0.15) is 12.7 Å². The minimum Gasteiger partial charge on any atom is -0.394 e. The Labute approximate surface area is 58.7 Å². The summed E-state index contributed by atoms with van der Waals surface area (Å²) in [5, 5.41) is 19.4. The molecule has 5 heteroatoms. The van der Waals surface area contributed by atoms with Crippen LogP contribution in [0.4, 0.5) is 0 Å². The molecule has 1 aromatic heterocycles. The molecule has 0 aliphatic heterocycles. The molecule has 0 fully saturated rings. The first-order chi connectivity index (χ1) is 4.88. The SMILES string of the molecule is CCc1nnnn1CCO. The van der Waals surface area contributed by atoms with E-state index < -0.39 is 0 Å². The molecular weight excluding hydrogens is 132 g/mol. The molecule has 1 rings (SSSR count). The molecule has 5 nitrogen and oxygen atoms in total. The first-order valence-electron chi connectivity index (χ1n) is 3.24. The van der Waals surface area contributed by atoms with Crippen LogP contribution in [-0.4, -0.2) is 31.9 Å². The van der Waals surface area contributed by atoms with Crippen LogP contribution in [0.25, 0.3) is 0 Å². The van der Waals surface area contributed by atoms with Gasteiger partial charge in [-0.05, 0) is 10.4 Å². The van der Waals surface area contributed by atoms with Crippen molar-refractivity contribution < 1.29 is 5.11 Å². The van der Waals surface area contributed by atoms with Crippen molar-refractivity contribution in [3.63, 3.8) is 0 Å². The summed E-state index contributed by atoms with van der Waals surface area (Å²) in [4.78, 5) is 0. The lowest BCUT2D eigenvalue weighted by Gasteiger charge is -1.96. The zero-order valence-corrected chi connectivity index (χ0v) is 5.86. The van der Waals surface area contributed by atoms with Crippen molar-refractivity contribution in [2.75, 3.05) is 6.61 Å². The van der Waals surface area contributed by atoms with E-state index in [1.54, 1.807) is 4.68 Å². The van der Waals surface area contributed by atoms with E-state index in [2.05, 4.69) is 15.5 Å². The summed E-state index contributed by atoms with van der Waals surface area (Å²) < 4.78 is 1.60. The van der Waals surface area contributed by atoms with Gasteiger partial charge in [0.25, 0.3) is 0 Å². The third-order valence-electron chi connectivity index (χ3n) is 1.23. The second-order valence-corrected chi connectivity index (χ2v) is 1.90. The molecular formula is C5H10N4O. The Morgan fingerprint density at radius 3 is 3.00 bits per heavy atom. The first kappa shape index (κ1) is 7.14. The van der Waals surface area contributed by atoms with E-state index in [-0.39, 0.29) is 6.61 Å². The molecule has 56 valence electrons. The largest absolute Gasteiger partial charge is 0.394 e. The van der Waals surface area contributed by atoms with Gasteiger partial charge < -0.3 is 5.11 Å². The van der Waals surface area contributed by atoms with Gasteiger partial charge in [-0.25, -0.2) is 4.68 Å². The second-order valence-electron chi connectivity index (χ2n) is 1.90. The molecule has 10 heavy (non-hydrogen) atoms. The molecule has 0 spiro atoms. The van der Waals surface area contributed by atoms with Gasteiger partial charge in [0, 0.05) is 6.42 Å². The van der Waals surface area contributed by atoms with E-state index in [1.807, 2.05) is 6.92 Å². The van der Waals surface area contributed by atoms with E-state index >= 15 is 0 Å². The molecule has 0 radical (unpaired) electrons. The fourth-order valence-electron chi connectivity index (χ4n) is 0.745. The maximum Gasteiger partial charge on any atom is 0.151 e. The van der Waals surface area contributed by atoms with Gasteiger partial charge >= 0.3 is 0 Å². The molecule has 0 aliphatic rings. The van der Waals surface area contributed by atoms with Crippen LogP contribution in [0.15, 0.2) is 0 Å². The van der Waals surface area contributed by atoms with E-state index in [1.165, 1.54) is 0 Å². The van der Waals surface area contributed by atoms with Crippen LogP contribution in [-0.2, 0) is 13.0 Å². The highest BCUT2D eigenvalue weighted by Crippen LogP contribution is 1.90. The van der Waals surface area contributed by atoms with Gasteiger partial charge in [-0.15, -0.1) is 5.10 Å². The summed E-state index contributed by atoms with van der Waals surface area (Å²) in [5.74, 6) is 0.814. The van der Waals surface area contributed by atoms with Gasteiger partial charge in [-0.1, -0.05) is 6.92 Å². The number of tetrazole rings is 1. The Hall–Kier alpha value is -0.970. The van der Waals surface area contributed by atoms with Crippen LogP contribution in [0.2, 0.25) is 0 Å². The lowest BCUT2D eigenvalue weighted by atomic mass is 10.4. The van der Waals surface area contributed by atoms with Crippen LogP contribution in [0, 0.1) is 0 Å². The minimum atomic E-state index is 0.0814. The molecule has 0 atom stereocenters. The second kappa shape index (κ2) is 3.26. The van der Waals surface area contributed by atoms with Gasteiger partial charge in [-0.2, -0.15) is 0 Å². The average molecular weight is 142 g/mol. The number of aryl methyl sites for hydroxylation is 1. The van der Waals surface area contributed by atoms with Crippen molar-refractivity contribution in [1.29, 1.82) is 0 Å². The predicted molar refractivity (Wildman–Crippen MR) is 34.3 cm³/mol. The van der Waals surface area contributed by atoms with Crippen LogP contribution >= 0.6 is 0 Å². The fraction of sp³-hybridized carbons (Fsp3) is 0.800. The number of rotatable bonds is 3. The molecule has 0 saturated heterocycles. The highest BCUT2D eigenvalue weighted by atomic mass is 16.3. The molecule has 1 heterocycles. The van der Waals surface area contributed by atoms with E-state index in [9.17, 15) is 0 Å². The molecule has 1 aromatic rings. The zero-order chi connectivity index (χ0) is 7.40. The molecule has 0 bridgehead atoms. The molecule has 0 saturated carbocycles. The van der Waals surface area contributed by atoms with E-state index in [0.717, 1.165) is 12.2 Å². The Balaban J connectivity index is 2.70.